The van der Waals surface area contributed by atoms with Crippen LogP contribution >= 0.6 is 0 Å². The molecule has 1 saturated carbocycles. The summed E-state index contributed by atoms with van der Waals surface area (Å²) in [6, 6.07) is 0. The molecule has 2 rings (SSSR count). The first-order valence-corrected chi connectivity index (χ1v) is 8.77. The van der Waals surface area contributed by atoms with Crippen LogP contribution in [0.3, 0.4) is 0 Å². The lowest BCUT2D eigenvalue weighted by atomic mass is 9.75. The molecule has 0 unspecified atom stereocenters. The highest BCUT2D eigenvalue weighted by Gasteiger charge is 2.32. The van der Waals surface area contributed by atoms with Crippen molar-refractivity contribution in [2.45, 2.75) is 52.2 Å². The van der Waals surface area contributed by atoms with Gasteiger partial charge in [-0.1, -0.05) is 27.2 Å². The maximum atomic E-state index is 10.2. The van der Waals surface area contributed by atoms with E-state index in [0.717, 1.165) is 45.2 Å². The minimum atomic E-state index is -0.344. The molecule has 1 aliphatic carbocycles. The van der Waals surface area contributed by atoms with E-state index in [2.05, 4.69) is 20.8 Å². The zero-order chi connectivity index (χ0) is 15.2. The molecular weight excluding hydrogens is 266 g/mol. The fraction of sp³-hybridized carbons (Fsp3) is 1.00. The SMILES string of the molecule is CC(C)[C@H]1CC[C@H](C)C[C@H]1OC[C@H](O)C[NH+]1CCOCC1. The highest BCUT2D eigenvalue weighted by Crippen LogP contribution is 2.35. The van der Waals surface area contributed by atoms with Crippen molar-refractivity contribution in [1.29, 1.82) is 0 Å². The molecule has 0 aromatic rings. The van der Waals surface area contributed by atoms with Crippen LogP contribution in [0.5, 0.6) is 0 Å². The summed E-state index contributed by atoms with van der Waals surface area (Å²) in [4.78, 5) is 1.44. The number of nitrogens with one attached hydrogen (secondary N) is 1. The van der Waals surface area contributed by atoms with Crippen LogP contribution in [-0.4, -0.2) is 56.8 Å². The molecule has 4 nitrogen and oxygen atoms in total. The van der Waals surface area contributed by atoms with E-state index in [1.807, 2.05) is 0 Å². The summed E-state index contributed by atoms with van der Waals surface area (Å²) in [5.41, 5.74) is 0. The number of aliphatic hydroxyl groups is 1. The third-order valence-corrected chi connectivity index (χ3v) is 5.19. The van der Waals surface area contributed by atoms with Crippen LogP contribution in [0.4, 0.5) is 0 Å². The molecule has 1 aliphatic heterocycles. The lowest BCUT2D eigenvalue weighted by Gasteiger charge is -2.37. The number of rotatable bonds is 6. The highest BCUT2D eigenvalue weighted by atomic mass is 16.5. The van der Waals surface area contributed by atoms with E-state index in [-0.39, 0.29) is 6.10 Å². The molecule has 0 aromatic heterocycles. The fourth-order valence-electron chi connectivity index (χ4n) is 3.80. The van der Waals surface area contributed by atoms with Crippen LogP contribution < -0.4 is 4.90 Å². The molecule has 2 fully saturated rings. The fourth-order valence-corrected chi connectivity index (χ4v) is 3.80. The van der Waals surface area contributed by atoms with Crippen LogP contribution in [0.1, 0.15) is 40.0 Å². The zero-order valence-electron chi connectivity index (χ0n) is 14.0. The van der Waals surface area contributed by atoms with E-state index < -0.39 is 0 Å². The minimum Gasteiger partial charge on any atom is -0.385 e. The summed E-state index contributed by atoms with van der Waals surface area (Å²) >= 11 is 0. The molecule has 0 radical (unpaired) electrons. The van der Waals surface area contributed by atoms with E-state index in [1.165, 1.54) is 17.7 Å². The average Bonchev–Trinajstić information content (AvgIpc) is 2.46. The monoisotopic (exact) mass is 300 g/mol. The summed E-state index contributed by atoms with van der Waals surface area (Å²) in [5, 5.41) is 10.2. The predicted molar refractivity (Wildman–Crippen MR) is 83.5 cm³/mol. The van der Waals surface area contributed by atoms with Crippen molar-refractivity contribution in [3.8, 4) is 0 Å². The van der Waals surface area contributed by atoms with Crippen molar-refractivity contribution in [2.24, 2.45) is 17.8 Å². The molecule has 21 heavy (non-hydrogen) atoms. The second-order valence-electron chi connectivity index (χ2n) is 7.42. The van der Waals surface area contributed by atoms with E-state index in [1.54, 1.807) is 0 Å². The molecule has 1 saturated heterocycles. The molecule has 2 N–H and O–H groups in total. The van der Waals surface area contributed by atoms with Crippen molar-refractivity contribution in [1.82, 2.24) is 0 Å². The van der Waals surface area contributed by atoms with Gasteiger partial charge in [0.15, 0.2) is 0 Å². The first kappa shape index (κ1) is 17.2. The summed E-state index contributed by atoms with van der Waals surface area (Å²) in [5.74, 6) is 2.08. The molecule has 4 heteroatoms. The predicted octanol–water partition coefficient (Wildman–Crippen LogP) is 0.740. The van der Waals surface area contributed by atoms with E-state index in [4.69, 9.17) is 9.47 Å². The Labute approximate surface area is 129 Å². The normalized spacial score (nSPS) is 33.3. The molecule has 4 atom stereocenters. The number of hydrogen-bond donors (Lipinski definition) is 2. The van der Waals surface area contributed by atoms with Gasteiger partial charge in [0, 0.05) is 0 Å². The van der Waals surface area contributed by atoms with Crippen molar-refractivity contribution in [3.05, 3.63) is 0 Å². The average molecular weight is 300 g/mol. The summed E-state index contributed by atoms with van der Waals surface area (Å²) in [7, 11) is 0. The molecule has 2 aliphatic rings. The Balaban J connectivity index is 1.73. The van der Waals surface area contributed by atoms with Gasteiger partial charge in [-0.3, -0.25) is 0 Å². The van der Waals surface area contributed by atoms with Gasteiger partial charge in [-0.05, 0) is 30.6 Å². The smallest absolute Gasteiger partial charge is 0.126 e. The standard InChI is InChI=1S/C17H33NO3/c1-13(2)16-5-4-14(3)10-17(16)21-12-15(19)11-18-6-8-20-9-7-18/h13-17,19H,4-12H2,1-3H3/p+1/t14-,15+,16+,17+/m0/s1. The van der Waals surface area contributed by atoms with Crippen molar-refractivity contribution < 1.29 is 19.5 Å². The van der Waals surface area contributed by atoms with Gasteiger partial charge in [-0.25, -0.2) is 0 Å². The van der Waals surface area contributed by atoms with Crippen LogP contribution in [0.15, 0.2) is 0 Å². The highest BCUT2D eigenvalue weighted by molar-refractivity contribution is 4.81. The minimum absolute atomic E-state index is 0.336. The second kappa shape index (κ2) is 8.47. The van der Waals surface area contributed by atoms with Crippen LogP contribution in [0.2, 0.25) is 0 Å². The molecule has 0 amide bonds. The molecular formula is C17H34NO3+. The van der Waals surface area contributed by atoms with Crippen molar-refractivity contribution in [3.63, 3.8) is 0 Å². The Morgan fingerprint density at radius 1 is 1.24 bits per heavy atom. The Morgan fingerprint density at radius 2 is 1.95 bits per heavy atom. The number of morpholine rings is 1. The summed E-state index contributed by atoms with van der Waals surface area (Å²) in [6.07, 6.45) is 3.74. The Kier molecular flexibility index (Phi) is 6.93. The molecule has 0 bridgehead atoms. The van der Waals surface area contributed by atoms with Gasteiger partial charge in [-0.2, -0.15) is 0 Å². The molecule has 1 heterocycles. The number of aliphatic hydroxyl groups excluding tert-OH is 1. The van der Waals surface area contributed by atoms with E-state index in [0.29, 0.717) is 24.5 Å². The quantitative estimate of drug-likeness (QED) is 0.760. The van der Waals surface area contributed by atoms with Gasteiger partial charge in [0.1, 0.15) is 25.7 Å². The van der Waals surface area contributed by atoms with Gasteiger partial charge < -0.3 is 19.5 Å². The Bertz CT molecular complexity index is 292. The molecule has 0 spiro atoms. The van der Waals surface area contributed by atoms with E-state index >= 15 is 0 Å². The van der Waals surface area contributed by atoms with Gasteiger partial charge in [0.05, 0.1) is 25.9 Å². The van der Waals surface area contributed by atoms with Crippen LogP contribution in [0, 0.1) is 17.8 Å². The van der Waals surface area contributed by atoms with Gasteiger partial charge in [0.25, 0.3) is 0 Å². The first-order chi connectivity index (χ1) is 10.1. The van der Waals surface area contributed by atoms with Gasteiger partial charge in [0.2, 0.25) is 0 Å². The lowest BCUT2D eigenvalue weighted by Crippen LogP contribution is -3.15. The van der Waals surface area contributed by atoms with Crippen molar-refractivity contribution in [2.75, 3.05) is 39.5 Å². The van der Waals surface area contributed by atoms with Crippen molar-refractivity contribution >= 4 is 0 Å². The maximum absolute atomic E-state index is 10.2. The van der Waals surface area contributed by atoms with Crippen LogP contribution in [-0.2, 0) is 9.47 Å². The first-order valence-electron chi connectivity index (χ1n) is 8.77. The molecule has 0 aromatic carbocycles. The van der Waals surface area contributed by atoms with Gasteiger partial charge in [-0.15, -0.1) is 0 Å². The third kappa shape index (κ3) is 5.51. The maximum Gasteiger partial charge on any atom is 0.126 e. The van der Waals surface area contributed by atoms with Gasteiger partial charge >= 0.3 is 0 Å². The summed E-state index contributed by atoms with van der Waals surface area (Å²) in [6.45, 7) is 11.8. The lowest BCUT2D eigenvalue weighted by molar-refractivity contribution is -0.911. The van der Waals surface area contributed by atoms with Crippen LogP contribution in [0.25, 0.3) is 0 Å². The summed E-state index contributed by atoms with van der Waals surface area (Å²) < 4.78 is 11.5. The second-order valence-corrected chi connectivity index (χ2v) is 7.42. The number of hydrogen-bond acceptors (Lipinski definition) is 3. The topological polar surface area (TPSA) is 43.1 Å². The zero-order valence-corrected chi connectivity index (χ0v) is 14.0. The Morgan fingerprint density at radius 3 is 2.62 bits per heavy atom. The third-order valence-electron chi connectivity index (χ3n) is 5.19. The number of quaternary nitrogens is 1. The largest absolute Gasteiger partial charge is 0.385 e. The van der Waals surface area contributed by atoms with E-state index in [9.17, 15) is 5.11 Å². The molecule has 124 valence electrons. The number of ether oxygens (including phenoxy) is 2. The Hall–Kier alpha value is -0.160.